The van der Waals surface area contributed by atoms with E-state index in [1.54, 1.807) is 36.2 Å². The molecule has 0 radical (unpaired) electrons. The molecule has 1 fully saturated rings. The van der Waals surface area contributed by atoms with E-state index in [0.717, 1.165) is 0 Å². The summed E-state index contributed by atoms with van der Waals surface area (Å²) >= 11 is 5.85. The first-order valence-electron chi connectivity index (χ1n) is 7.03. The Hall–Kier alpha value is -1.92. The molecule has 1 N–H and O–H groups in total. The molecule has 7 heteroatoms. The molecule has 1 aromatic rings. The van der Waals surface area contributed by atoms with Crippen molar-refractivity contribution in [3.63, 3.8) is 0 Å². The predicted molar refractivity (Wildman–Crippen MR) is 83.5 cm³/mol. The smallest absolute Gasteiger partial charge is 0.238 e. The fourth-order valence-corrected chi connectivity index (χ4v) is 2.42. The van der Waals surface area contributed by atoms with E-state index in [2.05, 4.69) is 5.32 Å². The molecule has 3 amide bonds. The first kappa shape index (κ1) is 16.5. The number of likely N-dealkylation sites (N-methyl/N-ethyl adjacent to an activating group) is 1. The normalized spacial score (nSPS) is 14.8. The fraction of sp³-hybridized carbons (Fsp3) is 0.400. The number of halogens is 1. The maximum absolute atomic E-state index is 11.9. The number of nitrogens with zero attached hydrogens (tertiary/aromatic N) is 2. The molecular weight excluding hydrogens is 306 g/mol. The van der Waals surface area contributed by atoms with Crippen LogP contribution >= 0.6 is 11.6 Å². The number of imide groups is 1. The predicted octanol–water partition coefficient (Wildman–Crippen LogP) is 1.36. The summed E-state index contributed by atoms with van der Waals surface area (Å²) in [4.78, 5) is 37.9. The molecule has 0 unspecified atom stereocenters. The number of benzene rings is 1. The minimum atomic E-state index is -0.177. The van der Waals surface area contributed by atoms with Gasteiger partial charge < -0.3 is 5.32 Å². The summed E-state index contributed by atoms with van der Waals surface area (Å²) in [6.07, 6.45) is 0.579. The molecule has 0 bridgehead atoms. The van der Waals surface area contributed by atoms with Crippen LogP contribution in [0.25, 0.3) is 0 Å². The highest BCUT2D eigenvalue weighted by Crippen LogP contribution is 2.15. The molecule has 1 heterocycles. The highest BCUT2D eigenvalue weighted by molar-refractivity contribution is 6.30. The average Bonchev–Trinajstić information content (AvgIpc) is 2.75. The van der Waals surface area contributed by atoms with E-state index >= 15 is 0 Å². The molecule has 0 aliphatic carbocycles. The zero-order chi connectivity index (χ0) is 16.1. The second kappa shape index (κ2) is 7.38. The SMILES string of the molecule is CN(CCN1C(=O)CCC1=O)CC(=O)Nc1cccc(Cl)c1. The Kier molecular flexibility index (Phi) is 5.51. The van der Waals surface area contributed by atoms with Gasteiger partial charge in [-0.25, -0.2) is 0 Å². The molecule has 2 rings (SSSR count). The lowest BCUT2D eigenvalue weighted by Crippen LogP contribution is -2.39. The van der Waals surface area contributed by atoms with Crippen LogP contribution in [0.1, 0.15) is 12.8 Å². The van der Waals surface area contributed by atoms with Gasteiger partial charge in [0.05, 0.1) is 6.54 Å². The van der Waals surface area contributed by atoms with Crippen LogP contribution in [0.5, 0.6) is 0 Å². The Morgan fingerprint density at radius 2 is 2.00 bits per heavy atom. The molecule has 0 aromatic heterocycles. The van der Waals surface area contributed by atoms with Gasteiger partial charge in [0.25, 0.3) is 0 Å². The number of hydrogen-bond donors (Lipinski definition) is 1. The number of carbonyl (C=O) groups excluding carboxylic acids is 3. The van der Waals surface area contributed by atoms with Gasteiger partial charge in [-0.15, -0.1) is 0 Å². The molecule has 0 atom stereocenters. The number of nitrogens with one attached hydrogen (secondary N) is 1. The second-order valence-electron chi connectivity index (χ2n) is 5.24. The summed E-state index contributed by atoms with van der Waals surface area (Å²) in [6.45, 7) is 0.946. The van der Waals surface area contributed by atoms with Gasteiger partial charge in [-0.05, 0) is 25.2 Å². The van der Waals surface area contributed by atoms with Crippen molar-refractivity contribution in [3.8, 4) is 0 Å². The molecule has 1 aliphatic rings. The van der Waals surface area contributed by atoms with Gasteiger partial charge in [0, 0.05) is 36.6 Å². The van der Waals surface area contributed by atoms with Gasteiger partial charge in [0.1, 0.15) is 0 Å². The van der Waals surface area contributed by atoms with Crippen LogP contribution in [0, 0.1) is 0 Å². The van der Waals surface area contributed by atoms with Crippen molar-refractivity contribution in [1.82, 2.24) is 9.80 Å². The van der Waals surface area contributed by atoms with E-state index in [0.29, 0.717) is 23.8 Å². The molecular formula is C15H18ClN3O3. The largest absolute Gasteiger partial charge is 0.325 e. The summed E-state index contributed by atoms with van der Waals surface area (Å²) in [6, 6.07) is 6.91. The van der Waals surface area contributed by atoms with Crippen LogP contribution in [0.15, 0.2) is 24.3 Å². The lowest BCUT2D eigenvalue weighted by Gasteiger charge is -2.20. The highest BCUT2D eigenvalue weighted by atomic mass is 35.5. The Labute approximate surface area is 134 Å². The molecule has 1 saturated heterocycles. The number of carbonyl (C=O) groups is 3. The zero-order valence-electron chi connectivity index (χ0n) is 12.3. The third-order valence-corrected chi connectivity index (χ3v) is 3.62. The highest BCUT2D eigenvalue weighted by Gasteiger charge is 2.28. The van der Waals surface area contributed by atoms with Gasteiger partial charge in [-0.2, -0.15) is 0 Å². The molecule has 1 aliphatic heterocycles. The van der Waals surface area contributed by atoms with Crippen molar-refractivity contribution in [2.24, 2.45) is 0 Å². The second-order valence-corrected chi connectivity index (χ2v) is 5.67. The Morgan fingerprint density at radius 3 is 2.64 bits per heavy atom. The number of rotatable bonds is 6. The topological polar surface area (TPSA) is 69.7 Å². The summed E-state index contributed by atoms with van der Waals surface area (Å²) < 4.78 is 0. The summed E-state index contributed by atoms with van der Waals surface area (Å²) in [5, 5.41) is 3.30. The maximum atomic E-state index is 11.9. The Balaban J connectivity index is 1.76. The number of hydrogen-bond acceptors (Lipinski definition) is 4. The van der Waals surface area contributed by atoms with Crippen molar-refractivity contribution in [1.29, 1.82) is 0 Å². The quantitative estimate of drug-likeness (QED) is 0.803. The maximum Gasteiger partial charge on any atom is 0.238 e. The molecule has 22 heavy (non-hydrogen) atoms. The van der Waals surface area contributed by atoms with Crippen molar-refractivity contribution in [2.45, 2.75) is 12.8 Å². The lowest BCUT2D eigenvalue weighted by atomic mass is 10.3. The van der Waals surface area contributed by atoms with E-state index in [1.807, 2.05) is 0 Å². The first-order chi connectivity index (χ1) is 10.5. The number of amides is 3. The van der Waals surface area contributed by atoms with Crippen LogP contribution in [0.4, 0.5) is 5.69 Å². The standard InChI is InChI=1S/C15H18ClN3O3/c1-18(7-8-19-14(21)5-6-15(19)22)10-13(20)17-12-4-2-3-11(16)9-12/h2-4,9H,5-8,10H2,1H3,(H,17,20). The summed E-state index contributed by atoms with van der Waals surface area (Å²) in [7, 11) is 1.77. The Morgan fingerprint density at radius 1 is 1.32 bits per heavy atom. The molecule has 118 valence electrons. The van der Waals surface area contributed by atoms with Crippen molar-refractivity contribution < 1.29 is 14.4 Å². The number of likely N-dealkylation sites (tertiary alicyclic amines) is 1. The van der Waals surface area contributed by atoms with Crippen LogP contribution in [0.3, 0.4) is 0 Å². The van der Waals surface area contributed by atoms with Crippen LogP contribution in [-0.2, 0) is 14.4 Å². The summed E-state index contributed by atoms with van der Waals surface area (Å²) in [5.41, 5.74) is 0.635. The minimum absolute atomic E-state index is 0.137. The third-order valence-electron chi connectivity index (χ3n) is 3.38. The average molecular weight is 324 g/mol. The summed E-state index contributed by atoms with van der Waals surface area (Å²) in [5.74, 6) is -0.451. The van der Waals surface area contributed by atoms with Crippen molar-refractivity contribution in [3.05, 3.63) is 29.3 Å². The van der Waals surface area contributed by atoms with Crippen molar-refractivity contribution in [2.75, 3.05) is 32.0 Å². The molecule has 1 aromatic carbocycles. The van der Waals surface area contributed by atoms with Gasteiger partial charge in [-0.3, -0.25) is 24.2 Å². The molecule has 6 nitrogen and oxygen atoms in total. The number of anilines is 1. The van der Waals surface area contributed by atoms with E-state index in [-0.39, 0.29) is 37.1 Å². The lowest BCUT2D eigenvalue weighted by molar-refractivity contribution is -0.138. The van der Waals surface area contributed by atoms with Gasteiger partial charge in [-0.1, -0.05) is 17.7 Å². The van der Waals surface area contributed by atoms with E-state index in [4.69, 9.17) is 11.6 Å². The van der Waals surface area contributed by atoms with Crippen molar-refractivity contribution >= 4 is 35.0 Å². The van der Waals surface area contributed by atoms with Gasteiger partial charge in [0.2, 0.25) is 17.7 Å². The fourth-order valence-electron chi connectivity index (χ4n) is 2.23. The molecule has 0 saturated carbocycles. The van der Waals surface area contributed by atoms with Crippen LogP contribution < -0.4 is 5.32 Å². The van der Waals surface area contributed by atoms with Gasteiger partial charge >= 0.3 is 0 Å². The van der Waals surface area contributed by atoms with E-state index in [1.165, 1.54) is 4.90 Å². The van der Waals surface area contributed by atoms with Gasteiger partial charge in [0.15, 0.2) is 0 Å². The third kappa shape index (κ3) is 4.54. The minimum Gasteiger partial charge on any atom is -0.325 e. The molecule has 0 spiro atoms. The monoisotopic (exact) mass is 323 g/mol. The first-order valence-corrected chi connectivity index (χ1v) is 7.40. The van der Waals surface area contributed by atoms with Crippen LogP contribution in [-0.4, -0.2) is 54.2 Å². The van der Waals surface area contributed by atoms with Crippen LogP contribution in [0.2, 0.25) is 5.02 Å². The van der Waals surface area contributed by atoms with E-state index in [9.17, 15) is 14.4 Å². The zero-order valence-corrected chi connectivity index (χ0v) is 13.1. The van der Waals surface area contributed by atoms with E-state index < -0.39 is 0 Å². The Bertz CT molecular complexity index is 575.